The smallest absolute Gasteiger partial charge is 0.343 e. The van der Waals surface area contributed by atoms with E-state index in [2.05, 4.69) is 59.9 Å². The summed E-state index contributed by atoms with van der Waals surface area (Å²) in [7, 11) is 5.72. The lowest BCUT2D eigenvalue weighted by atomic mass is 9.91. The Morgan fingerprint density at radius 3 is 2.62 bits per heavy atom. The number of aryl methyl sites for hydroxylation is 1. The molecular weight excluding hydrogens is 596 g/mol. The highest BCUT2D eigenvalue weighted by Gasteiger charge is 2.40. The Morgan fingerprint density at radius 2 is 1.94 bits per heavy atom. The molecule has 2 aliphatic heterocycles. The van der Waals surface area contributed by atoms with E-state index < -0.39 is 5.97 Å². The molecule has 1 fully saturated rings. The van der Waals surface area contributed by atoms with Gasteiger partial charge in [0.2, 0.25) is 11.9 Å². The first-order valence-corrected chi connectivity index (χ1v) is 16.0. The van der Waals surface area contributed by atoms with Crippen molar-refractivity contribution in [3.63, 3.8) is 0 Å². The van der Waals surface area contributed by atoms with Gasteiger partial charge in [-0.15, -0.1) is 0 Å². The van der Waals surface area contributed by atoms with E-state index >= 15 is 0 Å². The molecule has 5 rings (SSSR count). The molecule has 2 aromatic heterocycles. The summed E-state index contributed by atoms with van der Waals surface area (Å²) in [6.07, 6.45) is 4.50. The first-order valence-electron chi connectivity index (χ1n) is 16.0. The van der Waals surface area contributed by atoms with Gasteiger partial charge < -0.3 is 34.8 Å². The summed E-state index contributed by atoms with van der Waals surface area (Å²) >= 11 is 0. The van der Waals surface area contributed by atoms with E-state index in [1.807, 2.05) is 36.1 Å². The zero-order valence-electron chi connectivity index (χ0n) is 28.7. The quantitative estimate of drug-likeness (QED) is 0.201. The minimum Gasteiger partial charge on any atom is -0.494 e. The molecule has 0 aliphatic carbocycles. The number of esters is 1. The Balaban J connectivity index is 1.58. The molecule has 12 heteroatoms. The average Bonchev–Trinajstić information content (AvgIpc) is 3.57. The van der Waals surface area contributed by atoms with Crippen LogP contribution in [-0.4, -0.2) is 84.7 Å². The van der Waals surface area contributed by atoms with Crippen LogP contribution in [0.25, 0.3) is 0 Å². The Labute approximate surface area is 277 Å². The van der Waals surface area contributed by atoms with Crippen LogP contribution in [0.4, 0.5) is 34.5 Å². The lowest BCUT2D eigenvalue weighted by Crippen LogP contribution is -2.38. The van der Waals surface area contributed by atoms with Crippen molar-refractivity contribution in [3.8, 4) is 5.75 Å². The lowest BCUT2D eigenvalue weighted by molar-refractivity contribution is -0.111. The van der Waals surface area contributed by atoms with Crippen molar-refractivity contribution in [3.05, 3.63) is 60.1 Å². The van der Waals surface area contributed by atoms with Gasteiger partial charge in [-0.2, -0.15) is 4.98 Å². The minimum atomic E-state index is -0.512. The van der Waals surface area contributed by atoms with Crippen LogP contribution in [0.2, 0.25) is 0 Å². The van der Waals surface area contributed by atoms with Crippen LogP contribution in [0.15, 0.2) is 43.1 Å². The summed E-state index contributed by atoms with van der Waals surface area (Å²) in [5, 5.41) is 6.28. The third-order valence-electron chi connectivity index (χ3n) is 8.36. The Hall–Kier alpha value is -4.71. The monoisotopic (exact) mass is 642 g/mol. The molecule has 47 heavy (non-hydrogen) atoms. The fourth-order valence-electron chi connectivity index (χ4n) is 6.31. The normalized spacial score (nSPS) is 16.8. The standard InChI is InChI=1S/C35H46N8O4/c1-10-30(44)38-25-16-26(29(46-9)17-28(25)42-15-11-12-23(42)19-41(7)8)39-34-36-18-24(33(45)47-21(2)3)32(40-34)43-20-35(5,6)31-27(43)14-13-22(4)37-31/h10,13-14,16-18,21,23H,1,11-12,15,19-20H2,2-9H3,(H,38,44)(H,36,39,40)/t23-/m1/s1. The molecule has 0 spiro atoms. The van der Waals surface area contributed by atoms with E-state index in [1.54, 1.807) is 21.0 Å². The van der Waals surface area contributed by atoms with Gasteiger partial charge in [-0.1, -0.05) is 20.4 Å². The van der Waals surface area contributed by atoms with E-state index in [0.717, 1.165) is 48.7 Å². The van der Waals surface area contributed by atoms with E-state index in [9.17, 15) is 9.59 Å². The number of anilines is 6. The number of ether oxygens (including phenoxy) is 2. The van der Waals surface area contributed by atoms with Gasteiger partial charge in [0, 0.05) is 49.0 Å². The zero-order chi connectivity index (χ0) is 34.0. The number of amides is 1. The van der Waals surface area contributed by atoms with Crippen LogP contribution in [0.5, 0.6) is 5.75 Å². The number of hydrogen-bond donors (Lipinski definition) is 2. The maximum absolute atomic E-state index is 13.3. The van der Waals surface area contributed by atoms with E-state index in [0.29, 0.717) is 29.5 Å². The van der Waals surface area contributed by atoms with Crippen molar-refractivity contribution >= 4 is 46.4 Å². The summed E-state index contributed by atoms with van der Waals surface area (Å²) in [6.45, 7) is 15.8. The first kappa shape index (κ1) is 33.6. The fourth-order valence-corrected chi connectivity index (χ4v) is 6.31. The number of pyridine rings is 1. The zero-order valence-corrected chi connectivity index (χ0v) is 28.7. The summed E-state index contributed by atoms with van der Waals surface area (Å²) in [5.41, 5.74) is 4.69. The van der Waals surface area contributed by atoms with Crippen LogP contribution >= 0.6 is 0 Å². The number of nitrogens with one attached hydrogen (secondary N) is 2. The SMILES string of the molecule is C=CC(=O)Nc1cc(Nc2ncc(C(=O)OC(C)C)c(N3CC(C)(C)c4nc(C)ccc43)n2)c(OC)cc1N1CCC[C@@H]1CN(C)C. The largest absolute Gasteiger partial charge is 0.494 e. The number of nitrogens with zero attached hydrogens (tertiary/aromatic N) is 6. The number of benzene rings is 1. The number of likely N-dealkylation sites (N-methyl/N-ethyl adjacent to an activating group) is 1. The number of carbonyl (C=O) groups is 2. The van der Waals surface area contributed by atoms with Crippen LogP contribution in [-0.2, 0) is 14.9 Å². The van der Waals surface area contributed by atoms with E-state index in [1.165, 1.54) is 12.3 Å². The number of fused-ring (bicyclic) bond motifs is 1. The summed E-state index contributed by atoms with van der Waals surface area (Å²) in [6, 6.07) is 8.00. The molecule has 1 aromatic carbocycles. The molecule has 4 heterocycles. The van der Waals surface area contributed by atoms with Gasteiger partial charge in [0.05, 0.1) is 41.7 Å². The van der Waals surface area contributed by atoms with Gasteiger partial charge in [0.25, 0.3) is 0 Å². The molecule has 0 saturated carbocycles. The summed E-state index contributed by atoms with van der Waals surface area (Å²) in [5.74, 6) is 0.363. The Kier molecular flexibility index (Phi) is 9.71. The molecule has 1 amide bonds. The Bertz CT molecular complexity index is 1670. The number of methoxy groups -OCH3 is 1. The maximum Gasteiger partial charge on any atom is 0.343 e. The second-order valence-corrected chi connectivity index (χ2v) is 13.3. The van der Waals surface area contributed by atoms with Crippen LogP contribution in [0.3, 0.4) is 0 Å². The van der Waals surface area contributed by atoms with Crippen molar-refractivity contribution in [2.24, 2.45) is 0 Å². The highest BCUT2D eigenvalue weighted by Crippen LogP contribution is 2.45. The molecule has 12 nitrogen and oxygen atoms in total. The highest BCUT2D eigenvalue weighted by molar-refractivity contribution is 6.02. The van der Waals surface area contributed by atoms with Gasteiger partial charge in [0.1, 0.15) is 11.3 Å². The number of aromatic nitrogens is 3. The summed E-state index contributed by atoms with van der Waals surface area (Å²) in [4.78, 5) is 46.7. The number of rotatable bonds is 11. The van der Waals surface area contributed by atoms with Crippen LogP contribution in [0, 0.1) is 6.92 Å². The molecule has 250 valence electrons. The van der Waals surface area contributed by atoms with E-state index in [-0.39, 0.29) is 35.0 Å². The molecular formula is C35H46N8O4. The van der Waals surface area contributed by atoms with Gasteiger partial charge in [-0.3, -0.25) is 9.78 Å². The maximum atomic E-state index is 13.3. The third-order valence-corrected chi connectivity index (χ3v) is 8.36. The first-order chi connectivity index (χ1) is 22.3. The molecule has 2 N–H and O–H groups in total. The van der Waals surface area contributed by atoms with Gasteiger partial charge in [-0.25, -0.2) is 9.78 Å². The molecule has 0 bridgehead atoms. The number of carbonyl (C=O) groups excluding carboxylic acids is 2. The van der Waals surface area contributed by atoms with Crippen molar-refractivity contribution in [2.45, 2.75) is 65.0 Å². The predicted octanol–water partition coefficient (Wildman–Crippen LogP) is 5.58. The second-order valence-electron chi connectivity index (χ2n) is 13.3. The topological polar surface area (TPSA) is 125 Å². The van der Waals surface area contributed by atoms with Crippen molar-refractivity contribution in [1.29, 1.82) is 0 Å². The van der Waals surface area contributed by atoms with E-state index in [4.69, 9.17) is 19.4 Å². The highest BCUT2D eigenvalue weighted by atomic mass is 16.5. The van der Waals surface area contributed by atoms with Gasteiger partial charge in [-0.05, 0) is 72.0 Å². The van der Waals surface area contributed by atoms with Crippen molar-refractivity contribution in [1.82, 2.24) is 19.9 Å². The lowest BCUT2D eigenvalue weighted by Gasteiger charge is -2.31. The molecule has 3 aromatic rings. The molecule has 0 unspecified atom stereocenters. The van der Waals surface area contributed by atoms with Crippen molar-refractivity contribution < 1.29 is 19.1 Å². The van der Waals surface area contributed by atoms with Gasteiger partial charge >= 0.3 is 5.97 Å². The number of hydrogen-bond acceptors (Lipinski definition) is 11. The molecule has 0 radical (unpaired) electrons. The van der Waals surface area contributed by atoms with Gasteiger partial charge in [0.15, 0.2) is 5.82 Å². The third kappa shape index (κ3) is 7.17. The average molecular weight is 643 g/mol. The van der Waals surface area contributed by atoms with Crippen molar-refractivity contribution in [2.75, 3.05) is 61.3 Å². The Morgan fingerprint density at radius 1 is 1.17 bits per heavy atom. The predicted molar refractivity (Wildman–Crippen MR) is 186 cm³/mol. The molecule has 1 saturated heterocycles. The second kappa shape index (κ2) is 13.6. The molecule has 2 aliphatic rings. The van der Waals surface area contributed by atoms with Crippen LogP contribution in [0.1, 0.15) is 62.3 Å². The van der Waals surface area contributed by atoms with Crippen LogP contribution < -0.4 is 25.2 Å². The fraction of sp³-hybridized carbons (Fsp3) is 0.457. The molecule has 1 atom stereocenters. The minimum absolute atomic E-state index is 0.242. The summed E-state index contributed by atoms with van der Waals surface area (Å²) < 4.78 is 11.5.